The Kier molecular flexibility index (Phi) is 9.99. The number of amides is 1. The number of likely N-dealkylation sites (tertiary alicyclic amines) is 1. The summed E-state index contributed by atoms with van der Waals surface area (Å²) in [5.74, 6) is 0.243. The molecule has 158 valence electrons. The first-order chi connectivity index (χ1) is 13.7. The zero-order chi connectivity index (χ0) is 19.8. The van der Waals surface area contributed by atoms with E-state index in [1.54, 1.807) is 0 Å². The Hall–Kier alpha value is -1.55. The zero-order valence-electron chi connectivity index (χ0n) is 17.2. The summed E-state index contributed by atoms with van der Waals surface area (Å²) in [6.07, 6.45) is 5.73. The molecule has 0 spiro atoms. The molecular weight excluding hydrogens is 403 g/mol. The summed E-state index contributed by atoms with van der Waals surface area (Å²) in [5, 5.41) is 0.709. The van der Waals surface area contributed by atoms with E-state index in [4.69, 9.17) is 11.6 Å². The fraction of sp³-hybridized carbons (Fsp3) is 0.458. The van der Waals surface area contributed by atoms with E-state index >= 15 is 0 Å². The summed E-state index contributed by atoms with van der Waals surface area (Å²) in [5.41, 5.74) is 2.37. The molecule has 1 aliphatic heterocycles. The summed E-state index contributed by atoms with van der Waals surface area (Å²) in [4.78, 5) is 17.5. The number of hydrogen-bond donors (Lipinski definition) is 0. The predicted molar refractivity (Wildman–Crippen MR) is 125 cm³/mol. The van der Waals surface area contributed by atoms with E-state index in [1.807, 2.05) is 29.2 Å². The molecule has 2 aromatic carbocycles. The third-order valence-corrected chi connectivity index (χ3v) is 5.85. The Labute approximate surface area is 186 Å². The molecule has 1 amide bonds. The normalized spacial score (nSPS) is 15.0. The van der Waals surface area contributed by atoms with Crippen LogP contribution in [0.4, 0.5) is 5.69 Å². The highest BCUT2D eigenvalue weighted by atomic mass is 35.5. The van der Waals surface area contributed by atoms with Crippen LogP contribution in [0.25, 0.3) is 0 Å². The second-order valence-electron chi connectivity index (χ2n) is 7.65. The first-order valence-electron chi connectivity index (χ1n) is 10.5. The molecule has 1 fully saturated rings. The van der Waals surface area contributed by atoms with Crippen molar-refractivity contribution in [3.63, 3.8) is 0 Å². The van der Waals surface area contributed by atoms with Crippen molar-refractivity contribution in [1.82, 2.24) is 4.90 Å². The molecule has 0 radical (unpaired) electrons. The Bertz CT molecular complexity index is 728. The summed E-state index contributed by atoms with van der Waals surface area (Å²) in [6.45, 7) is 5.30. The number of nitrogens with zero attached hydrogens (tertiary/aromatic N) is 2. The van der Waals surface area contributed by atoms with Gasteiger partial charge in [0, 0.05) is 42.8 Å². The van der Waals surface area contributed by atoms with Crippen molar-refractivity contribution in [2.75, 3.05) is 24.5 Å². The minimum Gasteiger partial charge on any atom is -0.309 e. The van der Waals surface area contributed by atoms with E-state index in [0.29, 0.717) is 11.4 Å². The second kappa shape index (κ2) is 12.2. The molecular formula is C24H32Cl2N2O. The van der Waals surface area contributed by atoms with Gasteiger partial charge in [0.05, 0.1) is 0 Å². The molecule has 1 saturated heterocycles. The highest BCUT2D eigenvalue weighted by Gasteiger charge is 2.28. The Morgan fingerprint density at radius 3 is 2.34 bits per heavy atom. The molecule has 2 aromatic rings. The lowest BCUT2D eigenvalue weighted by Crippen LogP contribution is -2.48. The van der Waals surface area contributed by atoms with Gasteiger partial charge in [-0.3, -0.25) is 4.79 Å². The van der Waals surface area contributed by atoms with E-state index in [2.05, 4.69) is 42.2 Å². The number of rotatable bonds is 8. The zero-order valence-corrected chi connectivity index (χ0v) is 18.8. The number of carbonyl (C=O) groups excluding carboxylic acids is 1. The molecule has 3 rings (SSSR count). The van der Waals surface area contributed by atoms with Gasteiger partial charge < -0.3 is 9.80 Å². The number of unbranched alkanes of at least 4 members (excludes halogenated alkanes) is 1. The SMILES string of the molecule is CCCCC(=O)N(c1ccc(Cl)cc1)C1CCN(CCc2ccccc2)CC1.Cl. The van der Waals surface area contributed by atoms with Crippen LogP contribution in [0.15, 0.2) is 54.6 Å². The average molecular weight is 435 g/mol. The van der Waals surface area contributed by atoms with Gasteiger partial charge in [-0.25, -0.2) is 0 Å². The number of hydrogen-bond acceptors (Lipinski definition) is 2. The largest absolute Gasteiger partial charge is 0.309 e. The van der Waals surface area contributed by atoms with Crippen LogP contribution < -0.4 is 4.90 Å². The maximum atomic E-state index is 13.0. The van der Waals surface area contributed by atoms with Gasteiger partial charge in [-0.2, -0.15) is 0 Å². The van der Waals surface area contributed by atoms with Crippen LogP contribution in [0, 0.1) is 0 Å². The number of anilines is 1. The third kappa shape index (κ3) is 7.02. The van der Waals surface area contributed by atoms with Crippen molar-refractivity contribution < 1.29 is 4.79 Å². The van der Waals surface area contributed by atoms with E-state index in [-0.39, 0.29) is 24.4 Å². The first kappa shape index (κ1) is 23.7. The molecule has 0 saturated carbocycles. The van der Waals surface area contributed by atoms with Gasteiger partial charge in [-0.15, -0.1) is 12.4 Å². The number of halogens is 2. The number of benzene rings is 2. The molecule has 0 atom stereocenters. The molecule has 0 aliphatic carbocycles. The quantitative estimate of drug-likeness (QED) is 0.508. The standard InChI is InChI=1S/C24H31ClN2O.ClH/c1-2-3-9-24(28)27(22-12-10-21(25)11-13-22)23-15-18-26(19-16-23)17-14-20-7-5-4-6-8-20;/h4-8,10-13,23H,2-3,9,14-19H2,1H3;1H. The van der Waals surface area contributed by atoms with Crippen molar-refractivity contribution in [2.24, 2.45) is 0 Å². The highest BCUT2D eigenvalue weighted by molar-refractivity contribution is 6.30. The third-order valence-electron chi connectivity index (χ3n) is 5.60. The van der Waals surface area contributed by atoms with Gasteiger partial charge in [-0.05, 0) is 55.5 Å². The van der Waals surface area contributed by atoms with Crippen LogP contribution in [0.1, 0.15) is 44.6 Å². The number of piperidine rings is 1. The Morgan fingerprint density at radius 1 is 1.07 bits per heavy atom. The average Bonchev–Trinajstić information content (AvgIpc) is 2.74. The molecule has 29 heavy (non-hydrogen) atoms. The molecule has 5 heteroatoms. The molecule has 0 N–H and O–H groups in total. The lowest BCUT2D eigenvalue weighted by molar-refractivity contribution is -0.119. The van der Waals surface area contributed by atoms with Gasteiger partial charge in [0.15, 0.2) is 0 Å². The Balaban J connectivity index is 0.00000300. The van der Waals surface area contributed by atoms with E-state index in [9.17, 15) is 4.79 Å². The minimum atomic E-state index is 0. The predicted octanol–water partition coefficient (Wildman–Crippen LogP) is 5.99. The van der Waals surface area contributed by atoms with Gasteiger partial charge >= 0.3 is 0 Å². The van der Waals surface area contributed by atoms with E-state index in [1.165, 1.54) is 5.56 Å². The van der Waals surface area contributed by atoms with Crippen LogP contribution in [0.3, 0.4) is 0 Å². The van der Waals surface area contributed by atoms with E-state index in [0.717, 1.165) is 57.4 Å². The monoisotopic (exact) mass is 434 g/mol. The highest BCUT2D eigenvalue weighted by Crippen LogP contribution is 2.26. The molecule has 1 aliphatic rings. The smallest absolute Gasteiger partial charge is 0.227 e. The summed E-state index contributed by atoms with van der Waals surface area (Å²) >= 11 is 6.06. The van der Waals surface area contributed by atoms with Crippen LogP contribution in [0.2, 0.25) is 5.02 Å². The first-order valence-corrected chi connectivity index (χ1v) is 10.9. The topological polar surface area (TPSA) is 23.6 Å². The fourth-order valence-corrected chi connectivity index (χ4v) is 4.07. The minimum absolute atomic E-state index is 0. The lowest BCUT2D eigenvalue weighted by Gasteiger charge is -2.38. The fourth-order valence-electron chi connectivity index (χ4n) is 3.94. The summed E-state index contributed by atoms with van der Waals surface area (Å²) < 4.78 is 0. The molecule has 3 nitrogen and oxygen atoms in total. The maximum Gasteiger partial charge on any atom is 0.227 e. The van der Waals surface area contributed by atoms with Gasteiger partial charge in [0.1, 0.15) is 0 Å². The molecule has 0 bridgehead atoms. The second-order valence-corrected chi connectivity index (χ2v) is 8.09. The Morgan fingerprint density at radius 2 is 1.72 bits per heavy atom. The van der Waals surface area contributed by atoms with Crippen LogP contribution >= 0.6 is 24.0 Å². The van der Waals surface area contributed by atoms with Gasteiger partial charge in [-0.1, -0.05) is 55.3 Å². The summed E-state index contributed by atoms with van der Waals surface area (Å²) in [7, 11) is 0. The lowest BCUT2D eigenvalue weighted by atomic mass is 10.0. The van der Waals surface area contributed by atoms with Crippen molar-refractivity contribution in [3.8, 4) is 0 Å². The van der Waals surface area contributed by atoms with Crippen LogP contribution in [0.5, 0.6) is 0 Å². The molecule has 0 unspecified atom stereocenters. The molecule has 0 aromatic heterocycles. The van der Waals surface area contributed by atoms with Gasteiger partial charge in [0.25, 0.3) is 0 Å². The van der Waals surface area contributed by atoms with Crippen molar-refractivity contribution in [3.05, 3.63) is 65.2 Å². The maximum absolute atomic E-state index is 13.0. The number of carbonyl (C=O) groups is 1. The van der Waals surface area contributed by atoms with Crippen molar-refractivity contribution in [2.45, 2.75) is 51.5 Å². The van der Waals surface area contributed by atoms with Crippen molar-refractivity contribution >= 4 is 35.6 Å². The molecule has 1 heterocycles. The van der Waals surface area contributed by atoms with Crippen LogP contribution in [-0.2, 0) is 11.2 Å². The summed E-state index contributed by atoms with van der Waals surface area (Å²) in [6, 6.07) is 18.7. The van der Waals surface area contributed by atoms with Crippen molar-refractivity contribution in [1.29, 1.82) is 0 Å². The van der Waals surface area contributed by atoms with E-state index < -0.39 is 0 Å². The van der Waals surface area contributed by atoms with Crippen LogP contribution in [-0.4, -0.2) is 36.5 Å². The van der Waals surface area contributed by atoms with Gasteiger partial charge in [0.2, 0.25) is 5.91 Å².